The van der Waals surface area contributed by atoms with Crippen molar-refractivity contribution in [3.8, 4) is 0 Å². The Kier molecular flexibility index (Phi) is 6.36. The van der Waals surface area contributed by atoms with Crippen LogP contribution in [0, 0.1) is 0 Å². The molecular formula is C18H18ClN3O5. The number of benzene rings is 1. The molecule has 1 aromatic heterocycles. The van der Waals surface area contributed by atoms with Gasteiger partial charge in [0.15, 0.2) is 0 Å². The quantitative estimate of drug-likeness (QED) is 0.618. The molecule has 8 nitrogen and oxygen atoms in total. The molecule has 9 heteroatoms. The highest BCUT2D eigenvalue weighted by Gasteiger charge is 2.19. The molecule has 0 aliphatic heterocycles. The fourth-order valence-electron chi connectivity index (χ4n) is 2.22. The molecule has 0 aliphatic rings. The van der Waals surface area contributed by atoms with Gasteiger partial charge in [0.05, 0.1) is 31.0 Å². The van der Waals surface area contributed by atoms with Crippen LogP contribution in [0.4, 0.5) is 11.5 Å². The predicted molar refractivity (Wildman–Crippen MR) is 101 cm³/mol. The highest BCUT2D eigenvalue weighted by atomic mass is 35.5. The van der Waals surface area contributed by atoms with E-state index in [4.69, 9.17) is 16.3 Å². The van der Waals surface area contributed by atoms with Gasteiger partial charge in [-0.25, -0.2) is 14.6 Å². The minimum Gasteiger partial charge on any atom is -0.465 e. The molecule has 1 amide bonds. The van der Waals surface area contributed by atoms with E-state index in [1.807, 2.05) is 0 Å². The van der Waals surface area contributed by atoms with Crippen LogP contribution >= 0.6 is 11.6 Å². The highest BCUT2D eigenvalue weighted by molar-refractivity contribution is 6.30. The van der Waals surface area contributed by atoms with Gasteiger partial charge in [0.2, 0.25) is 0 Å². The molecule has 0 saturated heterocycles. The molecule has 2 aromatic rings. The number of hydrogen-bond acceptors (Lipinski definition) is 7. The maximum absolute atomic E-state index is 12.7. The summed E-state index contributed by atoms with van der Waals surface area (Å²) in [6.07, 6.45) is 0. The Balaban J connectivity index is 2.44. The van der Waals surface area contributed by atoms with Crippen LogP contribution < -0.4 is 10.2 Å². The lowest BCUT2D eigenvalue weighted by atomic mass is 10.1. The van der Waals surface area contributed by atoms with Crippen molar-refractivity contribution >= 4 is 41.0 Å². The summed E-state index contributed by atoms with van der Waals surface area (Å²) < 4.78 is 9.38. The molecule has 27 heavy (non-hydrogen) atoms. The molecule has 0 fully saturated rings. The Bertz CT molecular complexity index is 899. The number of nitrogens with zero attached hydrogens (tertiary/aromatic N) is 2. The van der Waals surface area contributed by atoms with Crippen molar-refractivity contribution in [1.82, 2.24) is 4.98 Å². The number of carbonyl (C=O) groups is 3. The molecule has 1 aromatic carbocycles. The third-order valence-corrected chi connectivity index (χ3v) is 3.79. The summed E-state index contributed by atoms with van der Waals surface area (Å²) in [7, 11) is 5.97. The fraction of sp³-hybridized carbons (Fsp3) is 0.222. The lowest BCUT2D eigenvalue weighted by Gasteiger charge is -2.14. The molecule has 2 rings (SSSR count). The van der Waals surface area contributed by atoms with Gasteiger partial charge in [-0.2, -0.15) is 0 Å². The van der Waals surface area contributed by atoms with Crippen molar-refractivity contribution in [3.05, 3.63) is 52.2 Å². The molecular weight excluding hydrogens is 374 g/mol. The molecule has 0 aliphatic carbocycles. The van der Waals surface area contributed by atoms with Crippen LogP contribution in [0.3, 0.4) is 0 Å². The SMILES string of the molecule is COC(=O)c1ccc(C(=O)OC)c(NC(=O)c2cc(Cl)nc(N(C)C)c2)c1. The van der Waals surface area contributed by atoms with E-state index in [0.717, 1.165) is 0 Å². The van der Waals surface area contributed by atoms with Gasteiger partial charge in [-0.3, -0.25) is 4.79 Å². The Hall–Kier alpha value is -3.13. The van der Waals surface area contributed by atoms with Gasteiger partial charge in [-0.1, -0.05) is 11.6 Å². The monoisotopic (exact) mass is 391 g/mol. The zero-order valence-electron chi connectivity index (χ0n) is 15.2. The average molecular weight is 392 g/mol. The lowest BCUT2D eigenvalue weighted by Crippen LogP contribution is -2.18. The van der Waals surface area contributed by atoms with Crippen molar-refractivity contribution < 1.29 is 23.9 Å². The molecule has 0 radical (unpaired) electrons. The third kappa shape index (κ3) is 4.73. The summed E-state index contributed by atoms with van der Waals surface area (Å²) >= 11 is 5.98. The number of nitrogens with one attached hydrogen (secondary N) is 1. The summed E-state index contributed by atoms with van der Waals surface area (Å²) in [6, 6.07) is 7.06. The first kappa shape index (κ1) is 20.2. The van der Waals surface area contributed by atoms with Crippen molar-refractivity contribution in [1.29, 1.82) is 0 Å². The van der Waals surface area contributed by atoms with Crippen molar-refractivity contribution in [2.45, 2.75) is 0 Å². The number of anilines is 2. The van der Waals surface area contributed by atoms with Crippen LogP contribution in [0.2, 0.25) is 5.15 Å². The second-order valence-electron chi connectivity index (χ2n) is 5.63. The number of aromatic nitrogens is 1. The van der Waals surface area contributed by atoms with Gasteiger partial charge in [-0.15, -0.1) is 0 Å². The number of ether oxygens (including phenoxy) is 2. The second kappa shape index (κ2) is 8.50. The zero-order chi connectivity index (χ0) is 20.1. The van der Waals surface area contributed by atoms with Crippen LogP contribution in [0.25, 0.3) is 0 Å². The Morgan fingerprint density at radius 1 is 1.00 bits per heavy atom. The van der Waals surface area contributed by atoms with Crippen LogP contribution in [0.15, 0.2) is 30.3 Å². The van der Waals surface area contributed by atoms with E-state index >= 15 is 0 Å². The molecule has 142 valence electrons. The second-order valence-corrected chi connectivity index (χ2v) is 6.02. The topological polar surface area (TPSA) is 97.8 Å². The number of amides is 1. The standard InChI is InChI=1S/C18H18ClN3O5/c1-22(2)15-9-11(8-14(19)21-15)16(23)20-13-7-10(17(24)26-3)5-6-12(13)18(25)27-4/h5-9H,1-4H3,(H,20,23). The van der Waals surface area contributed by atoms with E-state index in [9.17, 15) is 14.4 Å². The largest absolute Gasteiger partial charge is 0.465 e. The average Bonchev–Trinajstić information content (AvgIpc) is 2.66. The van der Waals surface area contributed by atoms with Crippen molar-refractivity contribution in [3.63, 3.8) is 0 Å². The molecule has 0 bridgehead atoms. The van der Waals surface area contributed by atoms with Gasteiger partial charge in [-0.05, 0) is 30.3 Å². The van der Waals surface area contributed by atoms with Crippen LogP contribution in [-0.2, 0) is 9.47 Å². The van der Waals surface area contributed by atoms with Gasteiger partial charge in [0, 0.05) is 19.7 Å². The van der Waals surface area contributed by atoms with Crippen LogP contribution in [0.1, 0.15) is 31.1 Å². The summed E-state index contributed by atoms with van der Waals surface area (Å²) in [6.45, 7) is 0. The van der Waals surface area contributed by atoms with E-state index in [1.165, 1.54) is 38.5 Å². The molecule has 0 spiro atoms. The maximum Gasteiger partial charge on any atom is 0.339 e. The molecule has 0 atom stereocenters. The summed E-state index contributed by atoms with van der Waals surface area (Å²) in [4.78, 5) is 42.2. The minimum atomic E-state index is -0.663. The fourth-order valence-corrected chi connectivity index (χ4v) is 2.42. The molecule has 1 heterocycles. The number of pyridine rings is 1. The first-order valence-corrected chi connectivity index (χ1v) is 8.11. The lowest BCUT2D eigenvalue weighted by molar-refractivity contribution is 0.0587. The summed E-state index contributed by atoms with van der Waals surface area (Å²) in [5.74, 6) is -1.31. The van der Waals surface area contributed by atoms with E-state index < -0.39 is 17.8 Å². The van der Waals surface area contributed by atoms with Crippen molar-refractivity contribution in [2.75, 3.05) is 38.5 Å². The van der Waals surface area contributed by atoms with E-state index in [-0.39, 0.29) is 27.5 Å². The highest BCUT2D eigenvalue weighted by Crippen LogP contribution is 2.22. The Morgan fingerprint density at radius 3 is 2.26 bits per heavy atom. The first-order chi connectivity index (χ1) is 12.8. The summed E-state index contributed by atoms with van der Waals surface area (Å²) in [5.41, 5.74) is 0.598. The zero-order valence-corrected chi connectivity index (χ0v) is 16.0. The summed E-state index contributed by atoms with van der Waals surface area (Å²) in [5, 5.41) is 2.74. The predicted octanol–water partition coefficient (Wildman–Crippen LogP) is 2.63. The van der Waals surface area contributed by atoms with Gasteiger partial charge < -0.3 is 19.7 Å². The molecule has 0 saturated carbocycles. The number of methoxy groups -OCH3 is 2. The number of esters is 2. The molecule has 0 unspecified atom stereocenters. The van der Waals surface area contributed by atoms with Gasteiger partial charge in [0.25, 0.3) is 5.91 Å². The van der Waals surface area contributed by atoms with E-state index in [2.05, 4.69) is 15.0 Å². The number of rotatable bonds is 5. The molecule has 1 N–H and O–H groups in total. The number of hydrogen-bond donors (Lipinski definition) is 1. The third-order valence-electron chi connectivity index (χ3n) is 3.60. The first-order valence-electron chi connectivity index (χ1n) is 7.73. The van der Waals surface area contributed by atoms with Gasteiger partial charge in [0.1, 0.15) is 11.0 Å². The van der Waals surface area contributed by atoms with Crippen molar-refractivity contribution in [2.24, 2.45) is 0 Å². The van der Waals surface area contributed by atoms with Crippen LogP contribution in [-0.4, -0.2) is 51.1 Å². The van der Waals surface area contributed by atoms with Gasteiger partial charge >= 0.3 is 11.9 Å². The Labute approximate surface area is 161 Å². The number of carbonyl (C=O) groups excluding carboxylic acids is 3. The maximum atomic E-state index is 12.7. The number of halogens is 1. The van der Waals surface area contributed by atoms with E-state index in [1.54, 1.807) is 25.1 Å². The smallest absolute Gasteiger partial charge is 0.339 e. The van der Waals surface area contributed by atoms with E-state index in [0.29, 0.717) is 5.82 Å². The normalized spacial score (nSPS) is 10.1. The minimum absolute atomic E-state index is 0.0893. The Morgan fingerprint density at radius 2 is 1.67 bits per heavy atom. The van der Waals surface area contributed by atoms with Crippen LogP contribution in [0.5, 0.6) is 0 Å².